The summed E-state index contributed by atoms with van der Waals surface area (Å²) in [4.78, 5) is 28.0. The lowest BCUT2D eigenvalue weighted by molar-refractivity contribution is -0.143. The monoisotopic (exact) mass is 483 g/mol. The minimum Gasteiger partial charge on any atom is -0.495 e. The van der Waals surface area contributed by atoms with E-state index < -0.39 is 10.0 Å². The Bertz CT molecular complexity index is 924. The molecule has 11 heteroatoms. The fraction of sp³-hybridized carbons (Fsp3) is 0.636. The molecule has 3 rings (SSSR count). The Balaban J connectivity index is 1.62. The highest BCUT2D eigenvalue weighted by molar-refractivity contribution is 7.89. The number of anilines is 1. The van der Waals surface area contributed by atoms with E-state index in [4.69, 9.17) is 14.2 Å². The number of amides is 1. The summed E-state index contributed by atoms with van der Waals surface area (Å²) >= 11 is 0. The Morgan fingerprint density at radius 3 is 2.36 bits per heavy atom. The topological polar surface area (TPSA) is 106 Å². The van der Waals surface area contributed by atoms with E-state index in [0.29, 0.717) is 83.4 Å². The van der Waals surface area contributed by atoms with Gasteiger partial charge in [-0.1, -0.05) is 0 Å². The van der Waals surface area contributed by atoms with Crippen molar-refractivity contribution in [1.82, 2.24) is 9.21 Å². The smallest absolute Gasteiger partial charge is 0.305 e. The van der Waals surface area contributed by atoms with E-state index >= 15 is 0 Å². The van der Waals surface area contributed by atoms with Gasteiger partial charge in [0.05, 0.1) is 37.5 Å². The van der Waals surface area contributed by atoms with Crippen molar-refractivity contribution in [2.75, 3.05) is 71.1 Å². The Labute approximate surface area is 195 Å². The van der Waals surface area contributed by atoms with Crippen molar-refractivity contribution in [2.45, 2.75) is 31.1 Å². The predicted octanol–water partition coefficient (Wildman–Crippen LogP) is 1.10. The summed E-state index contributed by atoms with van der Waals surface area (Å²) in [7, 11) is -2.07. The van der Waals surface area contributed by atoms with Crippen LogP contribution in [0.4, 0.5) is 5.69 Å². The second-order valence-electron chi connectivity index (χ2n) is 7.88. The van der Waals surface area contributed by atoms with Gasteiger partial charge in [-0.05, 0) is 31.5 Å². The molecule has 1 aromatic rings. The Morgan fingerprint density at radius 1 is 1.03 bits per heavy atom. The number of sulfonamides is 1. The van der Waals surface area contributed by atoms with Gasteiger partial charge < -0.3 is 24.0 Å². The Hall–Kier alpha value is -2.37. The van der Waals surface area contributed by atoms with Crippen molar-refractivity contribution >= 4 is 27.6 Å². The normalized spacial score (nSPS) is 17.6. The third-order valence-electron chi connectivity index (χ3n) is 5.81. The summed E-state index contributed by atoms with van der Waals surface area (Å²) in [6.45, 7) is 5.68. The molecule has 2 heterocycles. The summed E-state index contributed by atoms with van der Waals surface area (Å²) < 4.78 is 43.2. The molecule has 0 aromatic heterocycles. The van der Waals surface area contributed by atoms with Gasteiger partial charge >= 0.3 is 5.97 Å². The van der Waals surface area contributed by atoms with Gasteiger partial charge in [-0.2, -0.15) is 4.31 Å². The highest BCUT2D eigenvalue weighted by Crippen LogP contribution is 2.33. The number of carbonyl (C=O) groups excluding carboxylic acids is 2. The van der Waals surface area contributed by atoms with Crippen molar-refractivity contribution in [3.05, 3.63) is 18.2 Å². The van der Waals surface area contributed by atoms with Gasteiger partial charge in [-0.25, -0.2) is 8.42 Å². The zero-order chi connectivity index (χ0) is 23.8. The number of rotatable bonds is 9. The molecule has 0 N–H and O–H groups in total. The lowest BCUT2D eigenvalue weighted by Crippen LogP contribution is -2.49. The summed E-state index contributed by atoms with van der Waals surface area (Å²) in [6, 6.07) is 4.90. The number of carbonyl (C=O) groups is 2. The quantitative estimate of drug-likeness (QED) is 0.481. The zero-order valence-electron chi connectivity index (χ0n) is 19.3. The van der Waals surface area contributed by atoms with Crippen LogP contribution in [-0.4, -0.2) is 95.7 Å². The molecule has 0 unspecified atom stereocenters. The lowest BCUT2D eigenvalue weighted by atomic mass is 10.2. The molecular formula is C22H33N3O7S. The third kappa shape index (κ3) is 6.36. The standard InChI is InChI=1S/C22H33N3O7S/c1-3-32-22(27)6-4-5-21(26)24-11-9-23(10-12-24)19-17-18(7-8-20(19)30-2)33(28,29)25-13-15-31-16-14-25/h7-8,17H,3-6,9-16H2,1-2H3. The maximum absolute atomic E-state index is 13.1. The molecule has 10 nitrogen and oxygen atoms in total. The predicted molar refractivity (Wildman–Crippen MR) is 122 cm³/mol. The molecule has 1 amide bonds. The highest BCUT2D eigenvalue weighted by atomic mass is 32.2. The molecule has 2 saturated heterocycles. The minimum absolute atomic E-state index is 0.00885. The molecule has 0 saturated carbocycles. The first-order valence-electron chi connectivity index (χ1n) is 11.3. The van der Waals surface area contributed by atoms with E-state index in [0.717, 1.165) is 0 Å². The molecule has 0 spiro atoms. The molecule has 2 aliphatic rings. The summed E-state index contributed by atoms with van der Waals surface area (Å²) in [5, 5.41) is 0. The molecule has 2 aliphatic heterocycles. The average molecular weight is 484 g/mol. The van der Waals surface area contributed by atoms with Gasteiger partial charge in [0.1, 0.15) is 5.75 Å². The third-order valence-corrected chi connectivity index (χ3v) is 7.70. The molecule has 0 radical (unpaired) electrons. The van der Waals surface area contributed by atoms with Crippen LogP contribution in [-0.2, 0) is 29.1 Å². The molecule has 2 fully saturated rings. The number of morpholine rings is 1. The van der Waals surface area contributed by atoms with Crippen molar-refractivity contribution < 1.29 is 32.2 Å². The van der Waals surface area contributed by atoms with Crippen molar-refractivity contribution in [2.24, 2.45) is 0 Å². The first-order valence-corrected chi connectivity index (χ1v) is 12.7. The second-order valence-corrected chi connectivity index (χ2v) is 9.81. The van der Waals surface area contributed by atoms with E-state index in [2.05, 4.69) is 0 Å². The van der Waals surface area contributed by atoms with Crippen LogP contribution in [0, 0.1) is 0 Å². The number of piperazine rings is 1. The number of benzene rings is 1. The largest absolute Gasteiger partial charge is 0.495 e. The van der Waals surface area contributed by atoms with E-state index in [1.165, 1.54) is 4.31 Å². The lowest BCUT2D eigenvalue weighted by Gasteiger charge is -2.37. The first-order chi connectivity index (χ1) is 15.9. The van der Waals surface area contributed by atoms with Crippen molar-refractivity contribution in [3.63, 3.8) is 0 Å². The summed E-state index contributed by atoms with van der Waals surface area (Å²) in [5.74, 6) is 0.314. The summed E-state index contributed by atoms with van der Waals surface area (Å²) in [6.07, 6.45) is 1.00. The zero-order valence-corrected chi connectivity index (χ0v) is 20.1. The second kappa shape index (κ2) is 11.7. The van der Waals surface area contributed by atoms with E-state index in [1.54, 1.807) is 37.1 Å². The molecular weight excluding hydrogens is 450 g/mol. The fourth-order valence-corrected chi connectivity index (χ4v) is 5.41. The van der Waals surface area contributed by atoms with Crippen LogP contribution in [0.5, 0.6) is 5.75 Å². The molecule has 0 atom stereocenters. The molecule has 184 valence electrons. The van der Waals surface area contributed by atoms with Gasteiger partial charge in [0.25, 0.3) is 0 Å². The highest BCUT2D eigenvalue weighted by Gasteiger charge is 2.29. The number of esters is 1. The van der Waals surface area contributed by atoms with E-state index in [1.807, 2.05) is 4.90 Å². The van der Waals surface area contributed by atoms with Gasteiger partial charge in [-0.15, -0.1) is 0 Å². The molecule has 0 aliphatic carbocycles. The van der Waals surface area contributed by atoms with Crippen LogP contribution in [0.1, 0.15) is 26.2 Å². The SMILES string of the molecule is CCOC(=O)CCCC(=O)N1CCN(c2cc(S(=O)(=O)N3CCOCC3)ccc2OC)CC1. The van der Waals surface area contributed by atoms with Crippen LogP contribution in [0.25, 0.3) is 0 Å². The molecule has 33 heavy (non-hydrogen) atoms. The maximum atomic E-state index is 13.1. The van der Waals surface area contributed by atoms with Crippen LogP contribution in [0.3, 0.4) is 0 Å². The molecule has 1 aromatic carbocycles. The van der Waals surface area contributed by atoms with Crippen LogP contribution in [0.2, 0.25) is 0 Å². The van der Waals surface area contributed by atoms with Gasteiger partial charge in [0, 0.05) is 52.1 Å². The van der Waals surface area contributed by atoms with Crippen LogP contribution >= 0.6 is 0 Å². The van der Waals surface area contributed by atoms with E-state index in [9.17, 15) is 18.0 Å². The van der Waals surface area contributed by atoms with Gasteiger partial charge in [0.15, 0.2) is 0 Å². The van der Waals surface area contributed by atoms with Gasteiger partial charge in [0.2, 0.25) is 15.9 Å². The van der Waals surface area contributed by atoms with Crippen molar-refractivity contribution in [1.29, 1.82) is 0 Å². The van der Waals surface area contributed by atoms with Crippen LogP contribution in [0.15, 0.2) is 23.1 Å². The number of hydrogen-bond donors (Lipinski definition) is 0. The summed E-state index contributed by atoms with van der Waals surface area (Å²) in [5.41, 5.74) is 0.696. The minimum atomic E-state index is -3.63. The van der Waals surface area contributed by atoms with Gasteiger partial charge in [-0.3, -0.25) is 9.59 Å². The van der Waals surface area contributed by atoms with E-state index in [-0.39, 0.29) is 23.2 Å². The average Bonchev–Trinajstić information content (AvgIpc) is 2.84. The first kappa shape index (κ1) is 25.3. The maximum Gasteiger partial charge on any atom is 0.305 e. The van der Waals surface area contributed by atoms with Crippen LogP contribution < -0.4 is 9.64 Å². The fourth-order valence-electron chi connectivity index (χ4n) is 3.99. The number of nitrogens with zero attached hydrogens (tertiary/aromatic N) is 3. The number of hydrogen-bond acceptors (Lipinski definition) is 8. The molecule has 0 bridgehead atoms. The Morgan fingerprint density at radius 2 is 1.73 bits per heavy atom. The Kier molecular flexibility index (Phi) is 8.93. The van der Waals surface area contributed by atoms with Crippen molar-refractivity contribution in [3.8, 4) is 5.75 Å². The number of ether oxygens (including phenoxy) is 3. The number of methoxy groups -OCH3 is 1.